The van der Waals surface area contributed by atoms with Gasteiger partial charge in [-0.2, -0.15) is 4.31 Å². The van der Waals surface area contributed by atoms with E-state index in [0.717, 1.165) is 11.1 Å². The molecule has 0 aliphatic rings. The molecule has 1 rings (SSSR count). The summed E-state index contributed by atoms with van der Waals surface area (Å²) in [6, 6.07) is 3.25. The number of anilines is 1. The third kappa shape index (κ3) is 3.48. The summed E-state index contributed by atoms with van der Waals surface area (Å²) in [6.45, 7) is 10.6. The van der Waals surface area contributed by atoms with Crippen LogP contribution in [0.5, 0.6) is 0 Å². The Morgan fingerprint density at radius 1 is 1.26 bits per heavy atom. The number of sulfonamides is 1. The van der Waals surface area contributed by atoms with Crippen LogP contribution in [-0.4, -0.2) is 25.8 Å². The number of hydrogen-bond donors (Lipinski definition) is 1. The molecule has 0 unspecified atom stereocenters. The molecule has 0 spiro atoms. The third-order valence-corrected chi connectivity index (χ3v) is 5.16. The van der Waals surface area contributed by atoms with Crippen molar-refractivity contribution >= 4 is 15.7 Å². The van der Waals surface area contributed by atoms with Gasteiger partial charge in [-0.05, 0) is 43.0 Å². The van der Waals surface area contributed by atoms with E-state index in [1.54, 1.807) is 12.1 Å². The molecule has 19 heavy (non-hydrogen) atoms. The number of nitrogens with two attached hydrogens (primary N) is 1. The molecule has 108 valence electrons. The molecule has 0 saturated heterocycles. The van der Waals surface area contributed by atoms with Crippen LogP contribution in [0.1, 0.15) is 31.9 Å². The van der Waals surface area contributed by atoms with Crippen LogP contribution < -0.4 is 5.73 Å². The Morgan fingerprint density at radius 3 is 2.26 bits per heavy atom. The van der Waals surface area contributed by atoms with Crippen LogP contribution in [-0.2, 0) is 10.0 Å². The zero-order chi connectivity index (χ0) is 14.8. The molecule has 0 amide bonds. The van der Waals surface area contributed by atoms with Gasteiger partial charge in [0.25, 0.3) is 0 Å². The van der Waals surface area contributed by atoms with E-state index in [2.05, 4.69) is 0 Å². The van der Waals surface area contributed by atoms with Gasteiger partial charge in [0.2, 0.25) is 10.0 Å². The van der Waals surface area contributed by atoms with Crippen LogP contribution in [0.2, 0.25) is 0 Å². The van der Waals surface area contributed by atoms with Crippen LogP contribution in [0, 0.1) is 19.8 Å². The minimum absolute atomic E-state index is 0.288. The number of nitrogens with zero attached hydrogens (tertiary/aromatic N) is 1. The molecular formula is C14H24N2O2S. The lowest BCUT2D eigenvalue weighted by atomic mass is 10.1. The average molecular weight is 284 g/mol. The van der Waals surface area contributed by atoms with Crippen LogP contribution in [0.3, 0.4) is 0 Å². The van der Waals surface area contributed by atoms with Crippen LogP contribution in [0.25, 0.3) is 0 Å². The maximum atomic E-state index is 12.6. The standard InChI is InChI=1S/C14H24N2O2S/c1-6-16(9-10(2)3)19(17,18)13-7-11(4)12(5)14(15)8-13/h7-8,10H,6,9,15H2,1-5H3. The predicted octanol–water partition coefficient (Wildman–Crippen LogP) is 2.55. The van der Waals surface area contributed by atoms with Crippen molar-refractivity contribution in [1.29, 1.82) is 0 Å². The van der Waals surface area contributed by atoms with Gasteiger partial charge in [0.15, 0.2) is 0 Å². The summed E-state index contributed by atoms with van der Waals surface area (Å²) in [7, 11) is -3.45. The normalized spacial score (nSPS) is 12.4. The molecule has 0 saturated carbocycles. The minimum atomic E-state index is -3.45. The SMILES string of the molecule is CCN(CC(C)C)S(=O)(=O)c1cc(C)c(C)c(N)c1. The Hall–Kier alpha value is -1.07. The van der Waals surface area contributed by atoms with Crippen molar-refractivity contribution in [1.82, 2.24) is 4.31 Å². The quantitative estimate of drug-likeness (QED) is 0.845. The molecular weight excluding hydrogens is 260 g/mol. The number of nitrogen functional groups attached to an aromatic ring is 1. The van der Waals surface area contributed by atoms with Gasteiger partial charge in [-0.3, -0.25) is 0 Å². The fourth-order valence-corrected chi connectivity index (χ4v) is 3.69. The highest BCUT2D eigenvalue weighted by atomic mass is 32.2. The van der Waals surface area contributed by atoms with Gasteiger partial charge in [0.05, 0.1) is 4.90 Å². The Morgan fingerprint density at radius 2 is 1.84 bits per heavy atom. The first-order valence-corrected chi connectivity index (χ1v) is 8.01. The molecule has 0 bridgehead atoms. The molecule has 0 fully saturated rings. The summed E-state index contributed by atoms with van der Waals surface area (Å²) in [5, 5.41) is 0. The van der Waals surface area contributed by atoms with E-state index in [9.17, 15) is 8.42 Å². The van der Waals surface area contributed by atoms with Crippen LogP contribution in [0.4, 0.5) is 5.69 Å². The number of rotatable bonds is 5. The Bertz CT molecular complexity index is 528. The van der Waals surface area contributed by atoms with Crippen LogP contribution in [0.15, 0.2) is 17.0 Å². The topological polar surface area (TPSA) is 63.4 Å². The summed E-state index contributed by atoms with van der Waals surface area (Å²) >= 11 is 0. The molecule has 0 atom stereocenters. The first-order chi connectivity index (χ1) is 8.70. The molecule has 0 radical (unpaired) electrons. The maximum Gasteiger partial charge on any atom is 0.243 e. The van der Waals surface area contributed by atoms with Crippen molar-refractivity contribution in [3.8, 4) is 0 Å². The fourth-order valence-electron chi connectivity index (χ4n) is 1.95. The van der Waals surface area contributed by atoms with Crippen molar-refractivity contribution in [2.45, 2.75) is 39.5 Å². The van der Waals surface area contributed by atoms with Gasteiger partial charge < -0.3 is 5.73 Å². The second kappa shape index (κ2) is 5.92. The van der Waals surface area contributed by atoms with Crippen LogP contribution >= 0.6 is 0 Å². The molecule has 5 heteroatoms. The van der Waals surface area contributed by atoms with Gasteiger partial charge in [-0.15, -0.1) is 0 Å². The highest BCUT2D eigenvalue weighted by Crippen LogP contribution is 2.24. The average Bonchev–Trinajstić information content (AvgIpc) is 2.31. The van der Waals surface area contributed by atoms with Gasteiger partial charge in [0, 0.05) is 18.8 Å². The monoisotopic (exact) mass is 284 g/mol. The lowest BCUT2D eigenvalue weighted by Crippen LogP contribution is -2.34. The zero-order valence-corrected chi connectivity index (χ0v) is 13.2. The summed E-state index contributed by atoms with van der Waals surface area (Å²) in [4.78, 5) is 0.288. The van der Waals surface area contributed by atoms with Crippen molar-refractivity contribution < 1.29 is 8.42 Å². The second-order valence-electron chi connectivity index (χ2n) is 5.30. The summed E-state index contributed by atoms with van der Waals surface area (Å²) < 4.78 is 26.7. The first-order valence-electron chi connectivity index (χ1n) is 6.57. The Balaban J connectivity index is 3.26. The largest absolute Gasteiger partial charge is 0.398 e. The fraction of sp³-hybridized carbons (Fsp3) is 0.571. The molecule has 2 N–H and O–H groups in total. The van der Waals surface area contributed by atoms with E-state index in [-0.39, 0.29) is 4.90 Å². The molecule has 0 aliphatic carbocycles. The molecule has 4 nitrogen and oxygen atoms in total. The van der Waals surface area contributed by atoms with Crippen molar-refractivity contribution in [2.75, 3.05) is 18.8 Å². The van der Waals surface area contributed by atoms with Gasteiger partial charge in [-0.1, -0.05) is 20.8 Å². The summed E-state index contributed by atoms with van der Waals surface area (Å²) in [5.41, 5.74) is 8.24. The minimum Gasteiger partial charge on any atom is -0.398 e. The Labute approximate surface area is 116 Å². The third-order valence-electron chi connectivity index (χ3n) is 3.24. The maximum absolute atomic E-state index is 12.6. The predicted molar refractivity (Wildman–Crippen MR) is 79.6 cm³/mol. The lowest BCUT2D eigenvalue weighted by molar-refractivity contribution is 0.381. The van der Waals surface area contributed by atoms with E-state index in [1.807, 2.05) is 34.6 Å². The highest BCUT2D eigenvalue weighted by Gasteiger charge is 2.24. The van der Waals surface area contributed by atoms with E-state index in [4.69, 9.17) is 5.73 Å². The molecule has 0 aliphatic heterocycles. The van der Waals surface area contributed by atoms with E-state index >= 15 is 0 Å². The van der Waals surface area contributed by atoms with E-state index in [1.165, 1.54) is 4.31 Å². The summed E-state index contributed by atoms with van der Waals surface area (Å²) in [6.07, 6.45) is 0. The van der Waals surface area contributed by atoms with Gasteiger partial charge in [-0.25, -0.2) is 8.42 Å². The second-order valence-corrected chi connectivity index (χ2v) is 7.24. The van der Waals surface area contributed by atoms with Crippen molar-refractivity contribution in [3.05, 3.63) is 23.3 Å². The molecule has 1 aromatic carbocycles. The summed E-state index contributed by atoms with van der Waals surface area (Å²) in [5.74, 6) is 0.290. The first kappa shape index (κ1) is 16.0. The van der Waals surface area contributed by atoms with E-state index in [0.29, 0.717) is 24.7 Å². The Kier molecular flexibility index (Phi) is 4.98. The van der Waals surface area contributed by atoms with Gasteiger partial charge >= 0.3 is 0 Å². The smallest absolute Gasteiger partial charge is 0.243 e. The lowest BCUT2D eigenvalue weighted by Gasteiger charge is -2.23. The highest BCUT2D eigenvalue weighted by molar-refractivity contribution is 7.89. The molecule has 1 aromatic rings. The van der Waals surface area contributed by atoms with Gasteiger partial charge in [0.1, 0.15) is 0 Å². The zero-order valence-electron chi connectivity index (χ0n) is 12.4. The number of aryl methyl sites for hydroxylation is 1. The number of benzene rings is 1. The molecule has 0 heterocycles. The van der Waals surface area contributed by atoms with E-state index < -0.39 is 10.0 Å². The van der Waals surface area contributed by atoms with Crippen molar-refractivity contribution in [2.24, 2.45) is 5.92 Å². The molecule has 0 aromatic heterocycles. The van der Waals surface area contributed by atoms with Crippen molar-refractivity contribution in [3.63, 3.8) is 0 Å². The number of hydrogen-bond acceptors (Lipinski definition) is 3.